The van der Waals surface area contributed by atoms with Gasteiger partial charge < -0.3 is 5.32 Å². The predicted octanol–water partition coefficient (Wildman–Crippen LogP) is 4.89. The van der Waals surface area contributed by atoms with Crippen molar-refractivity contribution in [3.8, 4) is 5.69 Å². The van der Waals surface area contributed by atoms with Gasteiger partial charge >= 0.3 is 0 Å². The van der Waals surface area contributed by atoms with Crippen molar-refractivity contribution < 1.29 is 9.18 Å². The molecule has 0 aliphatic heterocycles. The summed E-state index contributed by atoms with van der Waals surface area (Å²) in [7, 11) is 0. The highest BCUT2D eigenvalue weighted by molar-refractivity contribution is 6.03. The van der Waals surface area contributed by atoms with Gasteiger partial charge in [-0.1, -0.05) is 6.07 Å². The van der Waals surface area contributed by atoms with Crippen LogP contribution in [0.2, 0.25) is 0 Å². The summed E-state index contributed by atoms with van der Waals surface area (Å²) >= 11 is 0. The molecule has 0 fully saturated rings. The van der Waals surface area contributed by atoms with Crippen LogP contribution in [0.15, 0.2) is 42.5 Å². The van der Waals surface area contributed by atoms with Gasteiger partial charge in [-0.15, -0.1) is 5.10 Å². The zero-order valence-electron chi connectivity index (χ0n) is 14.8. The fourth-order valence-corrected chi connectivity index (χ4v) is 3.36. The van der Waals surface area contributed by atoms with Crippen LogP contribution in [0.4, 0.5) is 15.9 Å². The third kappa shape index (κ3) is 2.90. The van der Waals surface area contributed by atoms with Crippen LogP contribution in [0.5, 0.6) is 0 Å². The van der Waals surface area contributed by atoms with E-state index in [4.69, 9.17) is 0 Å². The molecule has 2 aromatic carbocycles. The first-order chi connectivity index (χ1) is 12.5. The maximum atomic E-state index is 13.3. The molecule has 132 valence electrons. The molecule has 0 atom stereocenters. The fourth-order valence-electron chi connectivity index (χ4n) is 3.36. The molecule has 0 amide bonds. The number of halogens is 1. The van der Waals surface area contributed by atoms with E-state index in [0.29, 0.717) is 17.8 Å². The Labute approximate surface area is 151 Å². The average molecular weight is 349 g/mol. The van der Waals surface area contributed by atoms with Crippen LogP contribution in [0.3, 0.4) is 0 Å². The number of anilines is 2. The molecule has 3 aromatic rings. The van der Waals surface area contributed by atoms with E-state index in [9.17, 15) is 9.18 Å². The molecule has 5 heteroatoms. The fraction of sp³-hybridized carbons (Fsp3) is 0.238. The Morgan fingerprint density at radius 1 is 1.04 bits per heavy atom. The van der Waals surface area contributed by atoms with Crippen LogP contribution in [-0.2, 0) is 6.42 Å². The Morgan fingerprint density at radius 3 is 2.54 bits per heavy atom. The van der Waals surface area contributed by atoms with E-state index >= 15 is 0 Å². The average Bonchev–Trinajstić information content (AvgIpc) is 2.99. The van der Waals surface area contributed by atoms with Crippen LogP contribution >= 0.6 is 0 Å². The van der Waals surface area contributed by atoms with Crippen LogP contribution in [0.1, 0.15) is 40.0 Å². The molecule has 1 aliphatic carbocycles. The minimum Gasteiger partial charge on any atom is -0.338 e. The van der Waals surface area contributed by atoms with Gasteiger partial charge in [-0.05, 0) is 74.2 Å². The van der Waals surface area contributed by atoms with Crippen molar-refractivity contribution in [1.82, 2.24) is 9.78 Å². The summed E-state index contributed by atoms with van der Waals surface area (Å²) in [6.07, 6.45) is 2.12. The lowest BCUT2D eigenvalue weighted by molar-refractivity contribution is 0.0973. The number of carbonyl (C=O) groups excluding carboxylic acids is 1. The Bertz CT molecular complexity index is 989. The summed E-state index contributed by atoms with van der Waals surface area (Å²) in [6.45, 7) is 4.12. The quantitative estimate of drug-likeness (QED) is 0.732. The Balaban J connectivity index is 1.80. The van der Waals surface area contributed by atoms with Crippen molar-refractivity contribution in [2.45, 2.75) is 33.1 Å². The van der Waals surface area contributed by atoms with E-state index in [2.05, 4.69) is 24.3 Å². The van der Waals surface area contributed by atoms with Gasteiger partial charge in [0.1, 0.15) is 5.82 Å². The summed E-state index contributed by atoms with van der Waals surface area (Å²) in [5.41, 5.74) is 5.58. The number of hydrogen-bond acceptors (Lipinski definition) is 3. The molecule has 4 rings (SSSR count). The number of aromatic nitrogens is 2. The van der Waals surface area contributed by atoms with Crippen LogP contribution in [0.25, 0.3) is 5.69 Å². The van der Waals surface area contributed by atoms with Crippen LogP contribution in [-0.4, -0.2) is 15.6 Å². The number of aryl methyl sites for hydroxylation is 2. The minimum atomic E-state index is -0.292. The van der Waals surface area contributed by atoms with E-state index < -0.39 is 0 Å². The highest BCUT2D eigenvalue weighted by Gasteiger charge is 2.27. The standard InChI is InChI=1S/C21H20FN3O/c1-13-6-9-16(12-14(13)2)23-21-20-18(4-3-5-19(20)26)25(24-21)17-10-7-15(22)8-11-17/h6-12H,3-5H2,1-2H3,(H,23,24). The molecule has 1 aliphatic rings. The molecule has 1 N–H and O–H groups in total. The molecular formula is C21H20FN3O. The molecule has 0 spiro atoms. The highest BCUT2D eigenvalue weighted by Crippen LogP contribution is 2.32. The normalized spacial score (nSPS) is 13.6. The molecule has 4 nitrogen and oxygen atoms in total. The molecule has 0 saturated heterocycles. The maximum absolute atomic E-state index is 13.3. The lowest BCUT2D eigenvalue weighted by Gasteiger charge is -2.13. The third-order valence-electron chi connectivity index (χ3n) is 4.92. The second kappa shape index (κ2) is 6.41. The topological polar surface area (TPSA) is 46.9 Å². The number of benzene rings is 2. The first kappa shape index (κ1) is 16.5. The predicted molar refractivity (Wildman–Crippen MR) is 100.0 cm³/mol. The number of nitrogens with zero attached hydrogens (tertiary/aromatic N) is 2. The number of carbonyl (C=O) groups is 1. The zero-order valence-corrected chi connectivity index (χ0v) is 14.8. The second-order valence-electron chi connectivity index (χ2n) is 6.76. The Hall–Kier alpha value is -2.95. The largest absolute Gasteiger partial charge is 0.338 e. The summed E-state index contributed by atoms with van der Waals surface area (Å²) in [4.78, 5) is 12.6. The lowest BCUT2D eigenvalue weighted by Crippen LogP contribution is -2.13. The lowest BCUT2D eigenvalue weighted by atomic mass is 9.95. The zero-order chi connectivity index (χ0) is 18.3. The van der Waals surface area contributed by atoms with Gasteiger partial charge in [-0.25, -0.2) is 9.07 Å². The molecule has 1 aromatic heterocycles. The van der Waals surface area contributed by atoms with Gasteiger partial charge in [-0.2, -0.15) is 0 Å². The van der Waals surface area contributed by atoms with Crippen molar-refractivity contribution in [3.63, 3.8) is 0 Å². The molecule has 0 unspecified atom stereocenters. The minimum absolute atomic E-state index is 0.103. The van der Waals surface area contributed by atoms with E-state index in [1.165, 1.54) is 23.3 Å². The number of fused-ring (bicyclic) bond motifs is 1. The van der Waals surface area contributed by atoms with Crippen molar-refractivity contribution in [2.24, 2.45) is 0 Å². The van der Waals surface area contributed by atoms with Crippen molar-refractivity contribution in [1.29, 1.82) is 0 Å². The maximum Gasteiger partial charge on any atom is 0.168 e. The number of nitrogens with one attached hydrogen (secondary N) is 1. The SMILES string of the molecule is Cc1ccc(Nc2nn(-c3ccc(F)cc3)c3c2C(=O)CCC3)cc1C. The molecular weight excluding hydrogens is 329 g/mol. The van der Waals surface area contributed by atoms with Crippen LogP contribution in [0, 0.1) is 19.7 Å². The summed E-state index contributed by atoms with van der Waals surface area (Å²) < 4.78 is 15.0. The molecule has 1 heterocycles. The smallest absolute Gasteiger partial charge is 0.168 e. The van der Waals surface area contributed by atoms with Crippen molar-refractivity contribution in [2.75, 3.05) is 5.32 Å². The second-order valence-corrected chi connectivity index (χ2v) is 6.76. The first-order valence-electron chi connectivity index (χ1n) is 8.78. The Kier molecular flexibility index (Phi) is 4.07. The summed E-state index contributed by atoms with van der Waals surface area (Å²) in [5, 5.41) is 7.96. The van der Waals surface area contributed by atoms with E-state index in [0.717, 1.165) is 29.9 Å². The first-order valence-corrected chi connectivity index (χ1v) is 8.78. The van der Waals surface area contributed by atoms with Gasteiger partial charge in [0.25, 0.3) is 0 Å². The monoisotopic (exact) mass is 349 g/mol. The number of ketones is 1. The summed E-state index contributed by atoms with van der Waals surface area (Å²) in [6, 6.07) is 12.3. The van der Waals surface area contributed by atoms with Crippen molar-refractivity contribution in [3.05, 3.63) is 70.7 Å². The molecule has 0 saturated carbocycles. The number of Topliss-reactive ketones (excluding diaryl/α,β-unsaturated/α-hetero) is 1. The van der Waals surface area contributed by atoms with Gasteiger partial charge in [0.15, 0.2) is 11.6 Å². The Morgan fingerprint density at radius 2 is 1.81 bits per heavy atom. The molecule has 26 heavy (non-hydrogen) atoms. The number of rotatable bonds is 3. The van der Waals surface area contributed by atoms with E-state index in [1.807, 2.05) is 18.2 Å². The summed E-state index contributed by atoms with van der Waals surface area (Å²) in [5.74, 6) is 0.377. The van der Waals surface area contributed by atoms with E-state index in [1.54, 1.807) is 16.8 Å². The van der Waals surface area contributed by atoms with Gasteiger partial charge in [-0.3, -0.25) is 4.79 Å². The van der Waals surface area contributed by atoms with Gasteiger partial charge in [0, 0.05) is 12.1 Å². The third-order valence-corrected chi connectivity index (χ3v) is 4.92. The number of hydrogen-bond donors (Lipinski definition) is 1. The van der Waals surface area contributed by atoms with Crippen molar-refractivity contribution >= 4 is 17.3 Å². The van der Waals surface area contributed by atoms with Gasteiger partial charge in [0.2, 0.25) is 0 Å². The van der Waals surface area contributed by atoms with E-state index in [-0.39, 0.29) is 11.6 Å². The highest BCUT2D eigenvalue weighted by atomic mass is 19.1. The van der Waals surface area contributed by atoms with Gasteiger partial charge in [0.05, 0.1) is 16.9 Å². The van der Waals surface area contributed by atoms with Crippen LogP contribution < -0.4 is 5.32 Å². The molecule has 0 bridgehead atoms. The molecule has 0 radical (unpaired) electrons.